The summed E-state index contributed by atoms with van der Waals surface area (Å²) in [4.78, 5) is 19.8. The van der Waals surface area contributed by atoms with E-state index >= 15 is 0 Å². The number of hydrogen-bond acceptors (Lipinski definition) is 5. The van der Waals surface area contributed by atoms with Gasteiger partial charge in [-0.05, 0) is 35.6 Å². The first-order valence-corrected chi connectivity index (χ1v) is 9.62. The fourth-order valence-corrected chi connectivity index (χ4v) is 3.77. The van der Waals surface area contributed by atoms with Gasteiger partial charge < -0.3 is 14.1 Å². The minimum Gasteiger partial charge on any atom is -0.444 e. The van der Waals surface area contributed by atoms with E-state index in [2.05, 4.69) is 4.98 Å². The van der Waals surface area contributed by atoms with E-state index in [9.17, 15) is 9.18 Å². The van der Waals surface area contributed by atoms with Gasteiger partial charge in [0.05, 0.1) is 30.1 Å². The minimum absolute atomic E-state index is 0.0202. The summed E-state index contributed by atoms with van der Waals surface area (Å²) in [5, 5.41) is 1.95. The number of carbonyl (C=O) groups excluding carboxylic acids is 1. The lowest BCUT2D eigenvalue weighted by Gasteiger charge is -2.33. The van der Waals surface area contributed by atoms with Gasteiger partial charge in [-0.1, -0.05) is 18.2 Å². The molecule has 4 rings (SSSR count). The van der Waals surface area contributed by atoms with Crippen molar-refractivity contribution < 1.29 is 18.3 Å². The van der Waals surface area contributed by atoms with Gasteiger partial charge in [0.25, 0.3) is 0 Å². The Kier molecular flexibility index (Phi) is 5.05. The van der Waals surface area contributed by atoms with Gasteiger partial charge in [-0.3, -0.25) is 4.79 Å². The molecular formula is C20H19FN2O3S. The van der Waals surface area contributed by atoms with Crippen LogP contribution >= 0.6 is 11.3 Å². The van der Waals surface area contributed by atoms with Crippen molar-refractivity contribution in [3.63, 3.8) is 0 Å². The zero-order valence-corrected chi connectivity index (χ0v) is 15.7. The van der Waals surface area contributed by atoms with Crippen molar-refractivity contribution in [2.45, 2.75) is 19.4 Å². The van der Waals surface area contributed by atoms with Crippen LogP contribution in [0.25, 0.3) is 10.8 Å². The van der Waals surface area contributed by atoms with E-state index in [1.54, 1.807) is 35.3 Å². The molecule has 1 atom stereocenters. The van der Waals surface area contributed by atoms with E-state index in [0.29, 0.717) is 36.8 Å². The second-order valence-electron chi connectivity index (χ2n) is 6.51. The molecule has 5 nitrogen and oxygen atoms in total. The van der Waals surface area contributed by atoms with Gasteiger partial charge in [0.1, 0.15) is 18.2 Å². The molecule has 1 aromatic carbocycles. The second-order valence-corrected chi connectivity index (χ2v) is 7.45. The Morgan fingerprint density at radius 3 is 3.07 bits per heavy atom. The van der Waals surface area contributed by atoms with Gasteiger partial charge in [0.2, 0.25) is 11.8 Å². The summed E-state index contributed by atoms with van der Waals surface area (Å²) in [5.74, 6) is 0.276. The highest BCUT2D eigenvalue weighted by molar-refractivity contribution is 7.13. The van der Waals surface area contributed by atoms with Crippen molar-refractivity contribution in [1.29, 1.82) is 0 Å². The molecule has 2 aromatic heterocycles. The van der Waals surface area contributed by atoms with Crippen LogP contribution in [0.15, 0.2) is 46.4 Å². The number of morpholine rings is 1. The summed E-state index contributed by atoms with van der Waals surface area (Å²) >= 11 is 1.54. The fraction of sp³-hybridized carbons (Fsp3) is 0.300. The molecule has 0 spiro atoms. The molecule has 0 saturated carbocycles. The van der Waals surface area contributed by atoms with Crippen molar-refractivity contribution >= 4 is 17.2 Å². The average molecular weight is 386 g/mol. The number of halogens is 1. The summed E-state index contributed by atoms with van der Waals surface area (Å²) in [6.45, 7) is 3.15. The van der Waals surface area contributed by atoms with Crippen LogP contribution in [0.4, 0.5) is 4.39 Å². The Labute approximate surface area is 160 Å². The van der Waals surface area contributed by atoms with Gasteiger partial charge in [-0.15, -0.1) is 11.3 Å². The molecule has 1 aliphatic rings. The SMILES string of the molecule is Cc1cc(C2CN(C(=O)Cc3coc(-c4cccs4)n3)CCO2)ccc1F. The Hall–Kier alpha value is -2.51. The monoisotopic (exact) mass is 386 g/mol. The summed E-state index contributed by atoms with van der Waals surface area (Å²) in [6, 6.07) is 8.79. The zero-order chi connectivity index (χ0) is 18.8. The van der Waals surface area contributed by atoms with Crippen LogP contribution < -0.4 is 0 Å². The Bertz CT molecular complexity index is 939. The second kappa shape index (κ2) is 7.62. The lowest BCUT2D eigenvalue weighted by molar-refractivity contribution is -0.138. The summed E-state index contributed by atoms with van der Waals surface area (Å²) in [6.07, 6.45) is 1.47. The minimum atomic E-state index is -0.249. The van der Waals surface area contributed by atoms with Gasteiger partial charge >= 0.3 is 0 Å². The molecule has 140 valence electrons. The molecule has 3 aromatic rings. The van der Waals surface area contributed by atoms with E-state index in [0.717, 1.165) is 10.4 Å². The van der Waals surface area contributed by atoms with Crippen molar-refractivity contribution in [2.24, 2.45) is 0 Å². The number of hydrogen-bond donors (Lipinski definition) is 0. The van der Waals surface area contributed by atoms with E-state index < -0.39 is 0 Å². The summed E-state index contributed by atoms with van der Waals surface area (Å²) in [7, 11) is 0. The maximum absolute atomic E-state index is 13.5. The fourth-order valence-electron chi connectivity index (χ4n) is 3.11. The first-order chi connectivity index (χ1) is 13.1. The van der Waals surface area contributed by atoms with Gasteiger partial charge in [-0.2, -0.15) is 0 Å². The zero-order valence-electron chi connectivity index (χ0n) is 14.9. The highest BCUT2D eigenvalue weighted by Crippen LogP contribution is 2.26. The van der Waals surface area contributed by atoms with Gasteiger partial charge in [0, 0.05) is 6.54 Å². The Balaban J connectivity index is 1.42. The molecular weight excluding hydrogens is 367 g/mol. The first-order valence-electron chi connectivity index (χ1n) is 8.74. The highest BCUT2D eigenvalue weighted by atomic mass is 32.1. The molecule has 27 heavy (non-hydrogen) atoms. The topological polar surface area (TPSA) is 55.6 Å². The van der Waals surface area contributed by atoms with Crippen LogP contribution in [-0.2, 0) is 16.0 Å². The van der Waals surface area contributed by atoms with Crippen molar-refractivity contribution in [3.05, 3.63) is 64.6 Å². The number of ether oxygens (including phenoxy) is 1. The number of rotatable bonds is 4. The Morgan fingerprint density at radius 1 is 1.41 bits per heavy atom. The summed E-state index contributed by atoms with van der Waals surface area (Å²) in [5.41, 5.74) is 2.07. The smallest absolute Gasteiger partial charge is 0.236 e. The third-order valence-corrected chi connectivity index (χ3v) is 5.45. The normalized spacial score (nSPS) is 17.3. The molecule has 0 aliphatic carbocycles. The van der Waals surface area contributed by atoms with Crippen LogP contribution in [0.3, 0.4) is 0 Å². The molecule has 1 amide bonds. The van der Waals surface area contributed by atoms with Crippen molar-refractivity contribution in [3.8, 4) is 10.8 Å². The van der Waals surface area contributed by atoms with Crippen LogP contribution in [0.1, 0.15) is 22.9 Å². The number of nitrogens with zero attached hydrogens (tertiary/aromatic N) is 2. The van der Waals surface area contributed by atoms with Crippen LogP contribution in [0.5, 0.6) is 0 Å². The van der Waals surface area contributed by atoms with Crippen LogP contribution in [-0.4, -0.2) is 35.5 Å². The molecule has 1 fully saturated rings. The molecule has 0 radical (unpaired) electrons. The van der Waals surface area contributed by atoms with Crippen LogP contribution in [0.2, 0.25) is 0 Å². The molecule has 0 bridgehead atoms. The number of carbonyl (C=O) groups is 1. The third kappa shape index (κ3) is 3.94. The summed E-state index contributed by atoms with van der Waals surface area (Å²) < 4.78 is 24.8. The van der Waals surface area contributed by atoms with E-state index in [1.807, 2.05) is 17.5 Å². The number of oxazole rings is 1. The third-order valence-electron chi connectivity index (χ3n) is 4.59. The highest BCUT2D eigenvalue weighted by Gasteiger charge is 2.26. The molecule has 1 saturated heterocycles. The largest absolute Gasteiger partial charge is 0.444 e. The number of aromatic nitrogens is 1. The molecule has 0 N–H and O–H groups in total. The lowest BCUT2D eigenvalue weighted by Crippen LogP contribution is -2.43. The number of aryl methyl sites for hydroxylation is 1. The predicted octanol–water partition coefficient (Wildman–Crippen LogP) is 3.99. The molecule has 1 unspecified atom stereocenters. The predicted molar refractivity (Wildman–Crippen MR) is 99.9 cm³/mol. The van der Waals surface area contributed by atoms with Crippen LogP contribution in [0, 0.1) is 12.7 Å². The van der Waals surface area contributed by atoms with Crippen molar-refractivity contribution in [1.82, 2.24) is 9.88 Å². The Morgan fingerprint density at radius 2 is 2.30 bits per heavy atom. The molecule has 3 heterocycles. The van der Waals surface area contributed by atoms with E-state index in [-0.39, 0.29) is 24.2 Å². The van der Waals surface area contributed by atoms with E-state index in [4.69, 9.17) is 9.15 Å². The molecule has 7 heteroatoms. The number of amides is 1. The van der Waals surface area contributed by atoms with E-state index in [1.165, 1.54) is 12.3 Å². The van der Waals surface area contributed by atoms with Gasteiger partial charge in [-0.25, -0.2) is 9.37 Å². The van der Waals surface area contributed by atoms with Crippen molar-refractivity contribution in [2.75, 3.05) is 19.7 Å². The lowest BCUT2D eigenvalue weighted by atomic mass is 10.0. The molecule has 1 aliphatic heterocycles. The maximum Gasteiger partial charge on any atom is 0.236 e. The number of benzene rings is 1. The standard InChI is InChI=1S/C20H19FN2O3S/c1-13-9-14(4-5-16(13)21)17-11-23(6-7-25-17)19(24)10-15-12-26-20(22-15)18-3-2-8-27-18/h2-5,8-9,12,17H,6-7,10-11H2,1H3. The quantitative estimate of drug-likeness (QED) is 0.680. The van der Waals surface area contributed by atoms with Gasteiger partial charge in [0.15, 0.2) is 0 Å². The maximum atomic E-state index is 13.5. The average Bonchev–Trinajstić information content (AvgIpc) is 3.36. The number of thiophene rings is 1. The first kappa shape index (κ1) is 17.9.